The zero-order valence-electron chi connectivity index (χ0n) is 16.6. The highest BCUT2D eigenvalue weighted by Gasteiger charge is 2.55. The molecule has 2 heterocycles. The van der Waals surface area contributed by atoms with Crippen LogP contribution in [0.2, 0.25) is 0 Å². The van der Waals surface area contributed by atoms with Gasteiger partial charge < -0.3 is 20.4 Å². The predicted molar refractivity (Wildman–Crippen MR) is 106 cm³/mol. The normalized spacial score (nSPS) is 41.9. The molecule has 3 atom stereocenters. The van der Waals surface area contributed by atoms with Gasteiger partial charge in [0, 0.05) is 19.1 Å². The average molecular weight is 386 g/mol. The minimum atomic E-state index is -0.709. The van der Waals surface area contributed by atoms with E-state index in [1.807, 2.05) is 19.1 Å². The zero-order valence-corrected chi connectivity index (χ0v) is 16.6. The first kappa shape index (κ1) is 18.4. The number of hydrogen-bond acceptors (Lipinski definition) is 5. The van der Waals surface area contributed by atoms with E-state index in [2.05, 4.69) is 15.2 Å². The number of nitrogens with one attached hydrogen (secondary N) is 1. The number of hydrogen-bond donors (Lipinski definition) is 3. The largest absolute Gasteiger partial charge is 0.390 e. The fraction of sp³-hybridized carbons (Fsp3) is 0.727. The molecule has 5 fully saturated rings. The van der Waals surface area contributed by atoms with Crippen LogP contribution < -0.4 is 10.2 Å². The molecule has 3 N–H and O–H groups in total. The lowest BCUT2D eigenvalue weighted by Crippen LogP contribution is -2.61. The summed E-state index contributed by atoms with van der Waals surface area (Å²) in [5.41, 5.74) is -0.754. The van der Waals surface area contributed by atoms with Crippen molar-refractivity contribution in [2.24, 2.45) is 17.8 Å². The molecule has 6 heteroatoms. The first-order valence-electron chi connectivity index (χ1n) is 10.8. The van der Waals surface area contributed by atoms with Gasteiger partial charge in [-0.3, -0.25) is 4.79 Å². The Labute approximate surface area is 166 Å². The van der Waals surface area contributed by atoms with Gasteiger partial charge in [-0.05, 0) is 81.8 Å². The number of piperidine rings is 1. The third kappa shape index (κ3) is 3.30. The Hall–Kier alpha value is -1.66. The number of pyridine rings is 1. The second-order valence-electron chi connectivity index (χ2n) is 10.1. The van der Waals surface area contributed by atoms with Crippen molar-refractivity contribution in [1.29, 1.82) is 0 Å². The molecule has 5 aliphatic rings. The third-order valence-electron chi connectivity index (χ3n) is 7.50. The predicted octanol–water partition coefficient (Wildman–Crippen LogP) is 2.10. The van der Waals surface area contributed by atoms with Crippen LogP contribution in [0.5, 0.6) is 0 Å². The van der Waals surface area contributed by atoms with Gasteiger partial charge in [-0.25, -0.2) is 4.98 Å². The van der Waals surface area contributed by atoms with Crippen LogP contribution in [0.3, 0.4) is 0 Å². The molecule has 6 nitrogen and oxygen atoms in total. The van der Waals surface area contributed by atoms with Crippen molar-refractivity contribution in [3.05, 3.63) is 23.9 Å². The maximum absolute atomic E-state index is 13.0. The van der Waals surface area contributed by atoms with E-state index in [4.69, 9.17) is 0 Å². The number of anilines is 1. The molecular formula is C22H31N3O3. The van der Waals surface area contributed by atoms with Crippen molar-refractivity contribution in [2.45, 2.75) is 69.1 Å². The molecule has 3 unspecified atom stereocenters. The first-order chi connectivity index (χ1) is 13.3. The standard InChI is InChI=1S/C22H31N3O3/c1-21(27)6-3-7-25(13-21)18-5-2-4-17(23-18)20(26)24-19-15-8-14-9-16(19)12-22(28,10-14)11-15/h2,4-5,14-16,19,27-28H,3,6-13H2,1H3,(H,24,26). The van der Waals surface area contributed by atoms with Gasteiger partial charge in [-0.2, -0.15) is 0 Å². The SMILES string of the molecule is CC1(O)CCCN(c2cccc(C(=O)NC3C4CC5CC3CC(O)(C5)C4)n2)C1. The molecule has 0 aromatic carbocycles. The van der Waals surface area contributed by atoms with Gasteiger partial charge in [0.15, 0.2) is 0 Å². The summed E-state index contributed by atoms with van der Waals surface area (Å²) in [5, 5.41) is 24.4. The topological polar surface area (TPSA) is 85.7 Å². The molecule has 0 radical (unpaired) electrons. The van der Waals surface area contributed by atoms with Gasteiger partial charge in [-0.15, -0.1) is 0 Å². The van der Waals surface area contributed by atoms with Crippen molar-refractivity contribution in [3.8, 4) is 0 Å². The van der Waals surface area contributed by atoms with Crippen LogP contribution in [0.25, 0.3) is 0 Å². The summed E-state index contributed by atoms with van der Waals surface area (Å²) in [5.74, 6) is 2.05. The van der Waals surface area contributed by atoms with Crippen molar-refractivity contribution in [2.75, 3.05) is 18.0 Å². The number of aromatic nitrogens is 1. The molecule has 0 spiro atoms. The van der Waals surface area contributed by atoms with Crippen molar-refractivity contribution in [3.63, 3.8) is 0 Å². The van der Waals surface area contributed by atoms with Crippen LogP contribution in [0, 0.1) is 17.8 Å². The molecule has 1 saturated heterocycles. The Bertz CT molecular complexity index is 764. The molecule has 152 valence electrons. The Morgan fingerprint density at radius 1 is 1.21 bits per heavy atom. The van der Waals surface area contributed by atoms with Gasteiger partial charge in [0.1, 0.15) is 11.5 Å². The van der Waals surface area contributed by atoms with Crippen LogP contribution >= 0.6 is 0 Å². The number of β-amino-alcohol motifs (C(OH)–C–C–N with tert-alkyl or cyclic N) is 1. The monoisotopic (exact) mass is 385 g/mol. The van der Waals surface area contributed by atoms with E-state index in [0.717, 1.165) is 57.3 Å². The van der Waals surface area contributed by atoms with Gasteiger partial charge >= 0.3 is 0 Å². The lowest BCUT2D eigenvalue weighted by atomic mass is 9.52. The Balaban J connectivity index is 1.30. The fourth-order valence-corrected chi connectivity index (χ4v) is 6.58. The fourth-order valence-electron chi connectivity index (χ4n) is 6.58. The molecule has 4 saturated carbocycles. The summed E-state index contributed by atoms with van der Waals surface area (Å²) in [6.07, 6.45) is 6.55. The molecule has 1 aliphatic heterocycles. The molecule has 6 rings (SSSR count). The van der Waals surface area contributed by atoms with Gasteiger partial charge in [0.2, 0.25) is 0 Å². The van der Waals surface area contributed by atoms with E-state index in [-0.39, 0.29) is 11.9 Å². The van der Waals surface area contributed by atoms with Crippen molar-refractivity contribution in [1.82, 2.24) is 10.3 Å². The quantitative estimate of drug-likeness (QED) is 0.742. The summed E-state index contributed by atoms with van der Waals surface area (Å²) in [6.45, 7) is 3.24. The molecule has 1 aromatic heterocycles. The van der Waals surface area contributed by atoms with Gasteiger partial charge in [0.25, 0.3) is 5.91 Å². The van der Waals surface area contributed by atoms with E-state index in [1.165, 1.54) is 0 Å². The summed E-state index contributed by atoms with van der Waals surface area (Å²) < 4.78 is 0. The smallest absolute Gasteiger partial charge is 0.270 e. The van der Waals surface area contributed by atoms with Crippen LogP contribution in [-0.4, -0.2) is 51.4 Å². The van der Waals surface area contributed by atoms with Crippen molar-refractivity contribution >= 4 is 11.7 Å². The van der Waals surface area contributed by atoms with E-state index in [9.17, 15) is 15.0 Å². The van der Waals surface area contributed by atoms with E-state index in [1.54, 1.807) is 6.07 Å². The zero-order chi connectivity index (χ0) is 19.5. The second kappa shape index (κ2) is 6.42. The summed E-state index contributed by atoms with van der Waals surface area (Å²) in [4.78, 5) is 19.7. The molecule has 4 aliphatic carbocycles. The molecule has 1 amide bonds. The second-order valence-corrected chi connectivity index (χ2v) is 10.1. The summed E-state index contributed by atoms with van der Waals surface area (Å²) in [6, 6.07) is 5.71. The maximum atomic E-state index is 13.0. The highest BCUT2D eigenvalue weighted by atomic mass is 16.3. The molecule has 28 heavy (non-hydrogen) atoms. The summed E-state index contributed by atoms with van der Waals surface area (Å²) >= 11 is 0. The van der Waals surface area contributed by atoms with E-state index < -0.39 is 11.2 Å². The average Bonchev–Trinajstić information content (AvgIpc) is 2.62. The van der Waals surface area contributed by atoms with Crippen LogP contribution in [0.15, 0.2) is 18.2 Å². The van der Waals surface area contributed by atoms with E-state index >= 15 is 0 Å². The van der Waals surface area contributed by atoms with Crippen molar-refractivity contribution < 1.29 is 15.0 Å². The van der Waals surface area contributed by atoms with Crippen LogP contribution in [-0.2, 0) is 0 Å². The van der Waals surface area contributed by atoms with Crippen LogP contribution in [0.1, 0.15) is 62.4 Å². The number of rotatable bonds is 3. The minimum absolute atomic E-state index is 0.116. The molecular weight excluding hydrogens is 354 g/mol. The highest BCUT2D eigenvalue weighted by molar-refractivity contribution is 5.93. The molecule has 1 aromatic rings. The highest BCUT2D eigenvalue weighted by Crippen LogP contribution is 2.55. The summed E-state index contributed by atoms with van der Waals surface area (Å²) in [7, 11) is 0. The molecule has 4 bridgehead atoms. The van der Waals surface area contributed by atoms with Gasteiger partial charge in [-0.1, -0.05) is 6.07 Å². The van der Waals surface area contributed by atoms with E-state index in [0.29, 0.717) is 30.0 Å². The lowest BCUT2D eigenvalue weighted by Gasteiger charge is -2.58. The number of nitrogens with zero attached hydrogens (tertiary/aromatic N) is 2. The lowest BCUT2D eigenvalue weighted by molar-refractivity contribution is -0.136. The number of carbonyl (C=O) groups excluding carboxylic acids is 1. The van der Waals surface area contributed by atoms with Crippen LogP contribution in [0.4, 0.5) is 5.82 Å². The first-order valence-corrected chi connectivity index (χ1v) is 10.8. The minimum Gasteiger partial charge on any atom is -0.390 e. The maximum Gasteiger partial charge on any atom is 0.270 e. The third-order valence-corrected chi connectivity index (χ3v) is 7.50. The van der Waals surface area contributed by atoms with Gasteiger partial charge in [0.05, 0.1) is 11.2 Å². The number of amides is 1. The number of carbonyl (C=O) groups is 1. The Morgan fingerprint density at radius 3 is 2.64 bits per heavy atom. The Kier molecular flexibility index (Phi) is 4.22. The Morgan fingerprint density at radius 2 is 1.96 bits per heavy atom. The number of aliphatic hydroxyl groups is 2.